The van der Waals surface area contributed by atoms with Crippen LogP contribution in [0.2, 0.25) is 0 Å². The van der Waals surface area contributed by atoms with E-state index in [9.17, 15) is 4.79 Å². The Morgan fingerprint density at radius 1 is 1.10 bits per heavy atom. The maximum atomic E-state index is 12.1. The van der Waals surface area contributed by atoms with Crippen LogP contribution in [0.15, 0.2) is 30.3 Å². The van der Waals surface area contributed by atoms with Gasteiger partial charge in [0.2, 0.25) is 0 Å². The van der Waals surface area contributed by atoms with Crippen LogP contribution in [-0.4, -0.2) is 18.2 Å². The minimum Gasteiger partial charge on any atom is -0.490 e. The summed E-state index contributed by atoms with van der Waals surface area (Å²) < 4.78 is 11.6. The topological polar surface area (TPSA) is 35.5 Å². The van der Waals surface area contributed by atoms with E-state index >= 15 is 0 Å². The Morgan fingerprint density at radius 2 is 1.67 bits per heavy atom. The molecule has 1 aliphatic rings. The molecule has 0 bridgehead atoms. The Bertz CT molecular complexity index is 445. The van der Waals surface area contributed by atoms with Crippen LogP contribution >= 0.6 is 0 Å². The first-order chi connectivity index (χ1) is 10.0. The zero-order chi connectivity index (χ0) is 15.3. The highest BCUT2D eigenvalue weighted by Crippen LogP contribution is 2.28. The SMILES string of the molecule is CCC(C)(C)C(=O)OC1CCC(Oc2ccccc2)CC1. The van der Waals surface area contributed by atoms with E-state index in [1.807, 2.05) is 51.1 Å². The first-order valence-corrected chi connectivity index (χ1v) is 7.94. The van der Waals surface area contributed by atoms with E-state index in [0.29, 0.717) is 0 Å². The van der Waals surface area contributed by atoms with Crippen LogP contribution in [0.1, 0.15) is 52.9 Å². The van der Waals surface area contributed by atoms with Gasteiger partial charge >= 0.3 is 5.97 Å². The molecule has 0 atom stereocenters. The maximum absolute atomic E-state index is 12.1. The summed E-state index contributed by atoms with van der Waals surface area (Å²) in [5.41, 5.74) is -0.378. The third-order valence-corrected chi connectivity index (χ3v) is 4.38. The van der Waals surface area contributed by atoms with E-state index in [2.05, 4.69) is 0 Å². The van der Waals surface area contributed by atoms with E-state index in [1.165, 1.54) is 0 Å². The molecule has 0 heterocycles. The van der Waals surface area contributed by atoms with Gasteiger partial charge in [-0.05, 0) is 58.1 Å². The average Bonchev–Trinajstić information content (AvgIpc) is 2.50. The van der Waals surface area contributed by atoms with Gasteiger partial charge in [-0.2, -0.15) is 0 Å². The van der Waals surface area contributed by atoms with Crippen LogP contribution in [0, 0.1) is 5.41 Å². The molecule has 1 aromatic carbocycles. The van der Waals surface area contributed by atoms with E-state index in [0.717, 1.165) is 37.9 Å². The van der Waals surface area contributed by atoms with Crippen LogP contribution in [0.5, 0.6) is 5.75 Å². The Kier molecular flexibility index (Phi) is 5.27. The quantitative estimate of drug-likeness (QED) is 0.756. The monoisotopic (exact) mass is 290 g/mol. The van der Waals surface area contributed by atoms with Crippen LogP contribution in [0.4, 0.5) is 0 Å². The lowest BCUT2D eigenvalue weighted by Crippen LogP contribution is -2.34. The molecular weight excluding hydrogens is 264 g/mol. The van der Waals surface area contributed by atoms with Gasteiger partial charge in [-0.25, -0.2) is 0 Å². The minimum absolute atomic E-state index is 0.0546. The molecule has 3 heteroatoms. The number of benzene rings is 1. The Hall–Kier alpha value is -1.51. The van der Waals surface area contributed by atoms with E-state index in [4.69, 9.17) is 9.47 Å². The Labute approximate surface area is 127 Å². The third-order valence-electron chi connectivity index (χ3n) is 4.38. The van der Waals surface area contributed by atoms with Gasteiger partial charge < -0.3 is 9.47 Å². The molecular formula is C18H26O3. The molecule has 1 fully saturated rings. The Balaban J connectivity index is 1.77. The first-order valence-electron chi connectivity index (χ1n) is 7.94. The highest BCUT2D eigenvalue weighted by atomic mass is 16.5. The van der Waals surface area contributed by atoms with Crippen molar-refractivity contribution >= 4 is 5.97 Å². The summed E-state index contributed by atoms with van der Waals surface area (Å²) in [7, 11) is 0. The second kappa shape index (κ2) is 6.97. The van der Waals surface area contributed by atoms with Crippen LogP contribution in [0.3, 0.4) is 0 Å². The number of ether oxygens (including phenoxy) is 2. The van der Waals surface area contributed by atoms with Crippen molar-refractivity contribution in [3.63, 3.8) is 0 Å². The van der Waals surface area contributed by atoms with Gasteiger partial charge in [0.25, 0.3) is 0 Å². The second-order valence-electron chi connectivity index (χ2n) is 6.47. The fourth-order valence-electron chi connectivity index (χ4n) is 2.41. The average molecular weight is 290 g/mol. The predicted molar refractivity (Wildman–Crippen MR) is 83.3 cm³/mol. The van der Waals surface area contributed by atoms with E-state index in [1.54, 1.807) is 0 Å². The van der Waals surface area contributed by atoms with Gasteiger partial charge in [-0.1, -0.05) is 25.1 Å². The lowest BCUT2D eigenvalue weighted by molar-refractivity contribution is -0.162. The number of hydrogen-bond acceptors (Lipinski definition) is 3. The number of esters is 1. The summed E-state index contributed by atoms with van der Waals surface area (Å²) in [5, 5.41) is 0. The van der Waals surface area contributed by atoms with Crippen molar-refractivity contribution < 1.29 is 14.3 Å². The van der Waals surface area contributed by atoms with Crippen molar-refractivity contribution in [2.24, 2.45) is 5.41 Å². The number of para-hydroxylation sites is 1. The smallest absolute Gasteiger partial charge is 0.311 e. The highest BCUT2D eigenvalue weighted by molar-refractivity contribution is 5.75. The van der Waals surface area contributed by atoms with Gasteiger partial charge in [0.15, 0.2) is 0 Å². The van der Waals surface area contributed by atoms with Crippen molar-refractivity contribution in [3.8, 4) is 5.75 Å². The lowest BCUT2D eigenvalue weighted by atomic mass is 9.90. The molecule has 116 valence electrons. The molecule has 3 nitrogen and oxygen atoms in total. The molecule has 0 radical (unpaired) electrons. The van der Waals surface area contributed by atoms with Crippen molar-refractivity contribution in [3.05, 3.63) is 30.3 Å². The molecule has 0 aliphatic heterocycles. The lowest BCUT2D eigenvalue weighted by Gasteiger charge is -2.31. The van der Waals surface area contributed by atoms with Crippen molar-refractivity contribution in [2.75, 3.05) is 0 Å². The fraction of sp³-hybridized carbons (Fsp3) is 0.611. The third kappa shape index (κ3) is 4.48. The van der Waals surface area contributed by atoms with Gasteiger partial charge in [0.1, 0.15) is 11.9 Å². The Morgan fingerprint density at radius 3 is 2.24 bits per heavy atom. The predicted octanol–water partition coefficient (Wildman–Crippen LogP) is 4.36. The highest BCUT2D eigenvalue weighted by Gasteiger charge is 2.31. The van der Waals surface area contributed by atoms with Crippen LogP contribution in [-0.2, 0) is 9.53 Å². The summed E-state index contributed by atoms with van der Waals surface area (Å²) in [5.74, 6) is 0.850. The standard InChI is InChI=1S/C18H26O3/c1-4-18(2,3)17(19)21-16-12-10-15(11-13-16)20-14-8-6-5-7-9-14/h5-9,15-16H,4,10-13H2,1-3H3. The molecule has 0 aromatic heterocycles. The first kappa shape index (κ1) is 15.9. The molecule has 1 aromatic rings. The summed E-state index contributed by atoms with van der Waals surface area (Å²) in [4.78, 5) is 12.1. The number of hydrogen-bond donors (Lipinski definition) is 0. The zero-order valence-electron chi connectivity index (χ0n) is 13.3. The van der Waals surface area contributed by atoms with Gasteiger partial charge in [-0.15, -0.1) is 0 Å². The van der Waals surface area contributed by atoms with Crippen LogP contribution < -0.4 is 4.74 Å². The second-order valence-corrected chi connectivity index (χ2v) is 6.47. The number of rotatable bonds is 5. The summed E-state index contributed by atoms with van der Waals surface area (Å²) >= 11 is 0. The largest absolute Gasteiger partial charge is 0.490 e. The molecule has 2 rings (SSSR count). The molecule has 1 aliphatic carbocycles. The molecule has 1 saturated carbocycles. The number of carbonyl (C=O) groups excluding carboxylic acids is 1. The normalized spacial score (nSPS) is 22.6. The van der Waals surface area contributed by atoms with Crippen molar-refractivity contribution in [1.82, 2.24) is 0 Å². The summed E-state index contributed by atoms with van der Waals surface area (Å²) in [6.45, 7) is 5.91. The summed E-state index contributed by atoms with van der Waals surface area (Å²) in [6.07, 6.45) is 4.77. The van der Waals surface area contributed by atoms with Crippen molar-refractivity contribution in [1.29, 1.82) is 0 Å². The molecule has 0 amide bonds. The van der Waals surface area contributed by atoms with Gasteiger partial charge in [0.05, 0.1) is 11.5 Å². The molecule has 0 spiro atoms. The van der Waals surface area contributed by atoms with Gasteiger partial charge in [0, 0.05) is 0 Å². The zero-order valence-corrected chi connectivity index (χ0v) is 13.3. The minimum atomic E-state index is -0.378. The van der Waals surface area contributed by atoms with E-state index < -0.39 is 0 Å². The van der Waals surface area contributed by atoms with Crippen LogP contribution in [0.25, 0.3) is 0 Å². The maximum Gasteiger partial charge on any atom is 0.311 e. The molecule has 21 heavy (non-hydrogen) atoms. The summed E-state index contributed by atoms with van der Waals surface area (Å²) in [6, 6.07) is 9.91. The molecule has 0 unspecified atom stereocenters. The molecule has 0 saturated heterocycles. The number of carbonyl (C=O) groups is 1. The van der Waals surface area contributed by atoms with Gasteiger partial charge in [-0.3, -0.25) is 4.79 Å². The molecule has 0 N–H and O–H groups in total. The fourth-order valence-corrected chi connectivity index (χ4v) is 2.41. The van der Waals surface area contributed by atoms with E-state index in [-0.39, 0.29) is 23.6 Å². The van der Waals surface area contributed by atoms with Crippen molar-refractivity contribution in [2.45, 2.75) is 65.1 Å².